The van der Waals surface area contributed by atoms with Crippen molar-refractivity contribution >= 4 is 5.97 Å². The number of carboxylic acids is 1. The Morgan fingerprint density at radius 2 is 1.53 bits per heavy atom. The van der Waals surface area contributed by atoms with E-state index in [9.17, 15) is 4.79 Å². The summed E-state index contributed by atoms with van der Waals surface area (Å²) in [6.45, 7) is 4.21. The van der Waals surface area contributed by atoms with E-state index in [0.717, 1.165) is 19.3 Å². The summed E-state index contributed by atoms with van der Waals surface area (Å²) in [7, 11) is 0. The van der Waals surface area contributed by atoms with Crippen molar-refractivity contribution in [2.24, 2.45) is 0 Å². The predicted octanol–water partition coefficient (Wildman–Crippen LogP) is 3.04. The second kappa shape index (κ2) is 11.5. The van der Waals surface area contributed by atoms with Gasteiger partial charge in [0.15, 0.2) is 0 Å². The lowest BCUT2D eigenvalue weighted by atomic mass is 10.1. The Morgan fingerprint density at radius 3 is 2.07 bits per heavy atom. The standard InChI is InChI=1S/C12H23O3/c1-2-3-4-5-6-7-8-9-10-15-11-12(13)14/h1-11H2,(H,13,14). The van der Waals surface area contributed by atoms with Crippen LogP contribution in [0.4, 0.5) is 0 Å². The highest BCUT2D eigenvalue weighted by molar-refractivity contribution is 5.67. The molecule has 1 N–H and O–H groups in total. The fourth-order valence-corrected chi connectivity index (χ4v) is 1.42. The highest BCUT2D eigenvalue weighted by Gasteiger charge is 1.95. The summed E-state index contributed by atoms with van der Waals surface area (Å²) in [5.41, 5.74) is 0. The van der Waals surface area contributed by atoms with E-state index in [1.54, 1.807) is 0 Å². The summed E-state index contributed by atoms with van der Waals surface area (Å²) in [5.74, 6) is -0.886. The van der Waals surface area contributed by atoms with Gasteiger partial charge in [-0.1, -0.05) is 51.9 Å². The summed E-state index contributed by atoms with van der Waals surface area (Å²) >= 11 is 0. The average molecular weight is 215 g/mol. The van der Waals surface area contributed by atoms with Crippen LogP contribution in [0, 0.1) is 6.92 Å². The first kappa shape index (κ1) is 14.4. The maximum absolute atomic E-state index is 10.1. The first-order valence-corrected chi connectivity index (χ1v) is 5.86. The molecule has 3 heteroatoms. The van der Waals surface area contributed by atoms with Crippen LogP contribution in [0.1, 0.15) is 51.4 Å². The Bertz CT molecular complexity index is 146. The van der Waals surface area contributed by atoms with Crippen molar-refractivity contribution in [2.45, 2.75) is 51.4 Å². The molecule has 0 aromatic heterocycles. The van der Waals surface area contributed by atoms with Crippen LogP contribution in [0.2, 0.25) is 0 Å². The first-order valence-electron chi connectivity index (χ1n) is 5.86. The van der Waals surface area contributed by atoms with Gasteiger partial charge in [0, 0.05) is 6.61 Å². The molecule has 15 heavy (non-hydrogen) atoms. The van der Waals surface area contributed by atoms with Crippen LogP contribution in [0.3, 0.4) is 0 Å². The van der Waals surface area contributed by atoms with Crippen molar-refractivity contribution in [1.29, 1.82) is 0 Å². The van der Waals surface area contributed by atoms with Gasteiger partial charge in [-0.15, -0.1) is 0 Å². The maximum Gasteiger partial charge on any atom is 0.329 e. The number of unbranched alkanes of at least 4 members (excludes halogenated alkanes) is 7. The van der Waals surface area contributed by atoms with Crippen molar-refractivity contribution in [1.82, 2.24) is 0 Å². The van der Waals surface area contributed by atoms with Crippen LogP contribution in [0.25, 0.3) is 0 Å². The topological polar surface area (TPSA) is 46.5 Å². The second-order valence-electron chi connectivity index (χ2n) is 3.77. The van der Waals surface area contributed by atoms with E-state index in [1.165, 1.54) is 32.1 Å². The number of carbonyl (C=O) groups is 1. The third-order valence-corrected chi connectivity index (χ3v) is 2.26. The quantitative estimate of drug-likeness (QED) is 0.539. The van der Waals surface area contributed by atoms with Crippen LogP contribution in [-0.4, -0.2) is 24.3 Å². The van der Waals surface area contributed by atoms with Gasteiger partial charge >= 0.3 is 5.97 Å². The smallest absolute Gasteiger partial charge is 0.329 e. The molecule has 0 rings (SSSR count). The van der Waals surface area contributed by atoms with E-state index in [-0.39, 0.29) is 6.61 Å². The van der Waals surface area contributed by atoms with Gasteiger partial charge in [-0.3, -0.25) is 0 Å². The molecule has 0 saturated heterocycles. The van der Waals surface area contributed by atoms with Crippen LogP contribution in [0.15, 0.2) is 0 Å². The molecule has 89 valence electrons. The molecule has 0 saturated carbocycles. The Hall–Kier alpha value is -0.570. The Kier molecular flexibility index (Phi) is 11.1. The molecule has 0 aromatic carbocycles. The fourth-order valence-electron chi connectivity index (χ4n) is 1.42. The molecule has 0 aliphatic carbocycles. The largest absolute Gasteiger partial charge is 0.480 e. The number of aliphatic carboxylic acids is 1. The van der Waals surface area contributed by atoms with Gasteiger partial charge < -0.3 is 9.84 Å². The number of hydrogen-bond donors (Lipinski definition) is 1. The minimum atomic E-state index is -0.886. The van der Waals surface area contributed by atoms with Gasteiger partial charge in [0.1, 0.15) is 6.61 Å². The van der Waals surface area contributed by atoms with Crippen molar-refractivity contribution in [3.63, 3.8) is 0 Å². The average Bonchev–Trinajstić information content (AvgIpc) is 2.20. The van der Waals surface area contributed by atoms with Crippen molar-refractivity contribution in [2.75, 3.05) is 13.2 Å². The summed E-state index contributed by atoms with van der Waals surface area (Å²) in [6, 6.07) is 0. The van der Waals surface area contributed by atoms with Gasteiger partial charge in [0.25, 0.3) is 0 Å². The van der Waals surface area contributed by atoms with Crippen LogP contribution in [-0.2, 0) is 9.53 Å². The second-order valence-corrected chi connectivity index (χ2v) is 3.77. The van der Waals surface area contributed by atoms with E-state index < -0.39 is 5.97 Å². The molecule has 0 fully saturated rings. The Morgan fingerprint density at radius 1 is 1.00 bits per heavy atom. The molecule has 0 bridgehead atoms. The molecule has 1 radical (unpaired) electrons. The highest BCUT2D eigenvalue weighted by atomic mass is 16.5. The van der Waals surface area contributed by atoms with Crippen molar-refractivity contribution < 1.29 is 14.6 Å². The third-order valence-electron chi connectivity index (χ3n) is 2.26. The predicted molar refractivity (Wildman–Crippen MR) is 60.7 cm³/mol. The molecule has 0 aliphatic heterocycles. The summed E-state index contributed by atoms with van der Waals surface area (Å²) in [5, 5.41) is 8.31. The molecule has 0 unspecified atom stereocenters. The van der Waals surface area contributed by atoms with E-state index in [0.29, 0.717) is 6.61 Å². The summed E-state index contributed by atoms with van der Waals surface area (Å²) in [4.78, 5) is 10.1. The number of ether oxygens (including phenoxy) is 1. The minimum absolute atomic E-state index is 0.163. The minimum Gasteiger partial charge on any atom is -0.480 e. The van der Waals surface area contributed by atoms with E-state index in [1.807, 2.05) is 0 Å². The van der Waals surface area contributed by atoms with E-state index >= 15 is 0 Å². The van der Waals surface area contributed by atoms with Crippen molar-refractivity contribution in [3.8, 4) is 0 Å². The Balaban J connectivity index is 2.89. The fraction of sp³-hybridized carbons (Fsp3) is 0.833. The molecule has 0 spiro atoms. The van der Waals surface area contributed by atoms with Gasteiger partial charge in [-0.25, -0.2) is 4.79 Å². The van der Waals surface area contributed by atoms with Gasteiger partial charge in [-0.2, -0.15) is 0 Å². The molecule has 0 heterocycles. The van der Waals surface area contributed by atoms with Crippen molar-refractivity contribution in [3.05, 3.63) is 6.92 Å². The zero-order valence-electron chi connectivity index (χ0n) is 9.54. The monoisotopic (exact) mass is 215 g/mol. The molecule has 0 aliphatic rings. The SMILES string of the molecule is [CH2]CCCCCCCCCOCC(=O)O. The maximum atomic E-state index is 10.1. The van der Waals surface area contributed by atoms with Gasteiger partial charge in [0.2, 0.25) is 0 Å². The van der Waals surface area contributed by atoms with Crippen LogP contribution < -0.4 is 0 Å². The molecular formula is C12H23O3. The number of rotatable bonds is 11. The van der Waals surface area contributed by atoms with E-state index in [4.69, 9.17) is 9.84 Å². The summed E-state index contributed by atoms with van der Waals surface area (Å²) in [6.07, 6.45) is 9.49. The first-order chi connectivity index (χ1) is 7.27. The summed E-state index contributed by atoms with van der Waals surface area (Å²) < 4.78 is 4.93. The normalized spacial score (nSPS) is 10.5. The molecular weight excluding hydrogens is 192 g/mol. The lowest BCUT2D eigenvalue weighted by molar-refractivity contribution is -0.142. The third kappa shape index (κ3) is 13.4. The van der Waals surface area contributed by atoms with Crippen LogP contribution >= 0.6 is 0 Å². The Labute approximate surface area is 92.8 Å². The number of hydrogen-bond acceptors (Lipinski definition) is 2. The molecule has 0 aromatic rings. The zero-order valence-corrected chi connectivity index (χ0v) is 9.54. The number of carboxylic acid groups (broad SMARTS) is 1. The molecule has 0 atom stereocenters. The molecule has 3 nitrogen and oxygen atoms in total. The van der Waals surface area contributed by atoms with E-state index in [2.05, 4.69) is 6.92 Å². The zero-order chi connectivity index (χ0) is 11.4. The molecule has 0 amide bonds. The van der Waals surface area contributed by atoms with Gasteiger partial charge in [-0.05, 0) is 6.42 Å². The van der Waals surface area contributed by atoms with Gasteiger partial charge in [0.05, 0.1) is 0 Å². The lowest BCUT2D eigenvalue weighted by Crippen LogP contribution is -2.07. The highest BCUT2D eigenvalue weighted by Crippen LogP contribution is 2.08. The lowest BCUT2D eigenvalue weighted by Gasteiger charge is -2.02. The van der Waals surface area contributed by atoms with Crippen LogP contribution in [0.5, 0.6) is 0 Å².